The van der Waals surface area contributed by atoms with Gasteiger partial charge in [-0.05, 0) is 30.2 Å². The molecule has 0 saturated carbocycles. The molecule has 1 fully saturated rings. The van der Waals surface area contributed by atoms with Gasteiger partial charge in [0.2, 0.25) is 5.91 Å². The third-order valence-electron chi connectivity index (χ3n) is 4.32. The second-order valence-corrected chi connectivity index (χ2v) is 6.85. The van der Waals surface area contributed by atoms with Gasteiger partial charge in [0.15, 0.2) is 0 Å². The van der Waals surface area contributed by atoms with Gasteiger partial charge in [0.1, 0.15) is 0 Å². The highest BCUT2D eigenvalue weighted by Crippen LogP contribution is 2.26. The Morgan fingerprint density at radius 1 is 0.917 bits per heavy atom. The van der Waals surface area contributed by atoms with Gasteiger partial charge in [-0.2, -0.15) is 0 Å². The molecular formula is C19H20Cl2N2O. The molecule has 5 heteroatoms. The van der Waals surface area contributed by atoms with E-state index in [2.05, 4.69) is 17.0 Å². The molecule has 0 aliphatic carbocycles. The van der Waals surface area contributed by atoms with Crippen LogP contribution in [0, 0.1) is 0 Å². The average molecular weight is 363 g/mol. The Labute approximate surface area is 152 Å². The highest BCUT2D eigenvalue weighted by atomic mass is 35.5. The lowest BCUT2D eigenvalue weighted by Crippen LogP contribution is -2.48. The smallest absolute Gasteiger partial charge is 0.223 e. The summed E-state index contributed by atoms with van der Waals surface area (Å²) >= 11 is 12.1. The van der Waals surface area contributed by atoms with Crippen LogP contribution >= 0.6 is 23.2 Å². The average Bonchev–Trinajstić information content (AvgIpc) is 2.60. The van der Waals surface area contributed by atoms with E-state index >= 15 is 0 Å². The van der Waals surface area contributed by atoms with Crippen molar-refractivity contribution in [3.8, 4) is 0 Å². The van der Waals surface area contributed by atoms with E-state index in [9.17, 15) is 4.79 Å². The number of piperazine rings is 1. The van der Waals surface area contributed by atoms with Gasteiger partial charge in [0.05, 0.1) is 0 Å². The molecule has 0 aromatic heterocycles. The van der Waals surface area contributed by atoms with E-state index in [1.165, 1.54) is 5.56 Å². The standard InChI is InChI=1S/C19H20Cl2N2O/c20-16-12-17(21)14-18(13-16)22-8-10-23(11-9-22)19(24)7-6-15-4-2-1-3-5-15/h1-5,12-14H,6-11H2. The van der Waals surface area contributed by atoms with Gasteiger partial charge in [-0.25, -0.2) is 0 Å². The number of hydrogen-bond donors (Lipinski definition) is 0. The Morgan fingerprint density at radius 2 is 1.54 bits per heavy atom. The minimum atomic E-state index is 0.225. The van der Waals surface area contributed by atoms with Gasteiger partial charge in [-0.1, -0.05) is 53.5 Å². The molecule has 0 radical (unpaired) electrons. The van der Waals surface area contributed by atoms with Crippen molar-refractivity contribution in [3.63, 3.8) is 0 Å². The summed E-state index contributed by atoms with van der Waals surface area (Å²) in [6.45, 7) is 3.07. The van der Waals surface area contributed by atoms with Crippen molar-refractivity contribution in [2.75, 3.05) is 31.1 Å². The van der Waals surface area contributed by atoms with E-state index in [4.69, 9.17) is 23.2 Å². The summed E-state index contributed by atoms with van der Waals surface area (Å²) < 4.78 is 0. The first-order valence-electron chi connectivity index (χ1n) is 8.14. The molecule has 1 aliphatic rings. The number of benzene rings is 2. The molecule has 0 spiro atoms. The SMILES string of the molecule is O=C(CCc1ccccc1)N1CCN(c2cc(Cl)cc(Cl)c2)CC1. The van der Waals surface area contributed by atoms with Crippen LogP contribution in [0.15, 0.2) is 48.5 Å². The zero-order valence-electron chi connectivity index (χ0n) is 13.4. The minimum Gasteiger partial charge on any atom is -0.368 e. The lowest BCUT2D eigenvalue weighted by atomic mass is 10.1. The fourth-order valence-electron chi connectivity index (χ4n) is 2.99. The van der Waals surface area contributed by atoms with Crippen molar-refractivity contribution in [1.82, 2.24) is 4.90 Å². The van der Waals surface area contributed by atoms with E-state index in [0.717, 1.165) is 38.3 Å². The van der Waals surface area contributed by atoms with E-state index in [1.54, 1.807) is 6.07 Å². The van der Waals surface area contributed by atoms with Gasteiger partial charge in [0.25, 0.3) is 0 Å². The fraction of sp³-hybridized carbons (Fsp3) is 0.316. The highest BCUT2D eigenvalue weighted by Gasteiger charge is 2.21. The number of carbonyl (C=O) groups is 1. The topological polar surface area (TPSA) is 23.6 Å². The van der Waals surface area contributed by atoms with Crippen LogP contribution in [0.5, 0.6) is 0 Å². The zero-order chi connectivity index (χ0) is 16.9. The molecule has 1 amide bonds. The Morgan fingerprint density at radius 3 is 2.17 bits per heavy atom. The first-order valence-corrected chi connectivity index (χ1v) is 8.90. The summed E-state index contributed by atoms with van der Waals surface area (Å²) in [7, 11) is 0. The summed E-state index contributed by atoms with van der Waals surface area (Å²) in [5.74, 6) is 0.225. The van der Waals surface area contributed by atoms with Gasteiger partial charge in [-0.3, -0.25) is 4.79 Å². The number of rotatable bonds is 4. The predicted molar refractivity (Wildman–Crippen MR) is 100 cm³/mol. The number of anilines is 1. The zero-order valence-corrected chi connectivity index (χ0v) is 14.9. The molecular weight excluding hydrogens is 343 g/mol. The normalized spacial score (nSPS) is 14.8. The van der Waals surface area contributed by atoms with Crippen LogP contribution < -0.4 is 4.90 Å². The maximum Gasteiger partial charge on any atom is 0.223 e. The third-order valence-corrected chi connectivity index (χ3v) is 4.75. The van der Waals surface area contributed by atoms with Crippen LogP contribution in [0.25, 0.3) is 0 Å². The number of hydrogen-bond acceptors (Lipinski definition) is 2. The van der Waals surface area contributed by atoms with E-state index < -0.39 is 0 Å². The molecule has 126 valence electrons. The van der Waals surface area contributed by atoms with Crippen molar-refractivity contribution in [3.05, 3.63) is 64.1 Å². The summed E-state index contributed by atoms with van der Waals surface area (Å²) in [4.78, 5) is 16.6. The van der Waals surface area contributed by atoms with Gasteiger partial charge < -0.3 is 9.80 Å². The molecule has 0 atom stereocenters. The van der Waals surface area contributed by atoms with Crippen LogP contribution in [-0.2, 0) is 11.2 Å². The second-order valence-electron chi connectivity index (χ2n) is 5.98. The van der Waals surface area contributed by atoms with Gasteiger partial charge in [0, 0.05) is 48.3 Å². The van der Waals surface area contributed by atoms with Crippen molar-refractivity contribution in [2.24, 2.45) is 0 Å². The third kappa shape index (κ3) is 4.43. The molecule has 0 bridgehead atoms. The lowest BCUT2D eigenvalue weighted by Gasteiger charge is -2.36. The molecule has 2 aromatic rings. The molecule has 3 rings (SSSR count). The Balaban J connectivity index is 1.52. The lowest BCUT2D eigenvalue weighted by molar-refractivity contribution is -0.131. The first-order chi connectivity index (χ1) is 11.6. The van der Waals surface area contributed by atoms with E-state index in [1.807, 2.05) is 35.2 Å². The number of halogens is 2. The second kappa shape index (κ2) is 7.91. The number of nitrogens with zero attached hydrogens (tertiary/aromatic N) is 2. The Kier molecular flexibility index (Phi) is 5.64. The Bertz CT molecular complexity index is 678. The largest absolute Gasteiger partial charge is 0.368 e. The summed E-state index contributed by atoms with van der Waals surface area (Å²) in [6, 6.07) is 15.7. The van der Waals surface area contributed by atoms with Gasteiger partial charge in [-0.15, -0.1) is 0 Å². The molecule has 1 saturated heterocycles. The van der Waals surface area contributed by atoms with Gasteiger partial charge >= 0.3 is 0 Å². The monoisotopic (exact) mass is 362 g/mol. The number of amides is 1. The van der Waals surface area contributed by atoms with Crippen molar-refractivity contribution in [2.45, 2.75) is 12.8 Å². The molecule has 2 aromatic carbocycles. The van der Waals surface area contributed by atoms with Crippen LogP contribution in [0.3, 0.4) is 0 Å². The van der Waals surface area contributed by atoms with Crippen molar-refractivity contribution < 1.29 is 4.79 Å². The summed E-state index contributed by atoms with van der Waals surface area (Å²) in [5.41, 5.74) is 2.22. The molecule has 24 heavy (non-hydrogen) atoms. The molecule has 1 aliphatic heterocycles. The van der Waals surface area contributed by atoms with Crippen molar-refractivity contribution >= 4 is 34.8 Å². The van der Waals surface area contributed by atoms with E-state index in [0.29, 0.717) is 16.5 Å². The quantitative estimate of drug-likeness (QED) is 0.810. The molecule has 0 N–H and O–H groups in total. The number of carbonyl (C=O) groups excluding carboxylic acids is 1. The summed E-state index contributed by atoms with van der Waals surface area (Å²) in [6.07, 6.45) is 1.36. The molecule has 1 heterocycles. The highest BCUT2D eigenvalue weighted by molar-refractivity contribution is 6.35. The molecule has 3 nitrogen and oxygen atoms in total. The fourth-order valence-corrected chi connectivity index (χ4v) is 3.50. The number of aryl methyl sites for hydroxylation is 1. The van der Waals surface area contributed by atoms with Crippen LogP contribution in [0.2, 0.25) is 10.0 Å². The van der Waals surface area contributed by atoms with Crippen LogP contribution in [-0.4, -0.2) is 37.0 Å². The first kappa shape index (κ1) is 17.1. The van der Waals surface area contributed by atoms with E-state index in [-0.39, 0.29) is 5.91 Å². The maximum atomic E-state index is 12.4. The van der Waals surface area contributed by atoms with Crippen molar-refractivity contribution in [1.29, 1.82) is 0 Å². The van der Waals surface area contributed by atoms with Crippen LogP contribution in [0.1, 0.15) is 12.0 Å². The Hall–Kier alpha value is -1.71. The molecule has 0 unspecified atom stereocenters. The summed E-state index contributed by atoms with van der Waals surface area (Å²) in [5, 5.41) is 1.28. The van der Waals surface area contributed by atoms with Crippen LogP contribution in [0.4, 0.5) is 5.69 Å². The predicted octanol–water partition coefficient (Wildman–Crippen LogP) is 4.27. The minimum absolute atomic E-state index is 0.225. The maximum absolute atomic E-state index is 12.4.